The molecule has 2 aromatic rings. The van der Waals surface area contributed by atoms with Crippen molar-refractivity contribution < 1.29 is 8.42 Å². The van der Waals surface area contributed by atoms with Crippen molar-refractivity contribution in [3.63, 3.8) is 0 Å². The van der Waals surface area contributed by atoms with Gasteiger partial charge in [-0.2, -0.15) is 0 Å². The Morgan fingerprint density at radius 2 is 2.05 bits per heavy atom. The van der Waals surface area contributed by atoms with Crippen molar-refractivity contribution in [3.8, 4) is 0 Å². The Morgan fingerprint density at radius 1 is 1.32 bits per heavy atom. The van der Waals surface area contributed by atoms with Gasteiger partial charge < -0.3 is 5.73 Å². The summed E-state index contributed by atoms with van der Waals surface area (Å²) in [6.07, 6.45) is 2.60. The predicted molar refractivity (Wildman–Crippen MR) is 78.6 cm³/mol. The van der Waals surface area contributed by atoms with Crippen molar-refractivity contribution in [2.45, 2.75) is 4.90 Å². The van der Waals surface area contributed by atoms with E-state index in [1.165, 1.54) is 18.5 Å². The molecule has 100 valence electrons. The fourth-order valence-electron chi connectivity index (χ4n) is 1.39. The van der Waals surface area contributed by atoms with Gasteiger partial charge in [-0.25, -0.2) is 8.42 Å². The second-order valence-corrected chi connectivity index (χ2v) is 6.62. The zero-order valence-corrected chi connectivity index (χ0v) is 12.6. The number of nitrogen functional groups attached to an aromatic ring is 1. The number of nitrogens with two attached hydrogens (primary N) is 1. The molecule has 0 aliphatic rings. The van der Waals surface area contributed by atoms with Gasteiger partial charge in [0.15, 0.2) is 0 Å². The molecule has 5 nitrogen and oxygen atoms in total. The zero-order valence-electron chi connectivity index (χ0n) is 9.47. The number of rotatable bonds is 3. The second kappa shape index (κ2) is 5.36. The van der Waals surface area contributed by atoms with E-state index < -0.39 is 10.0 Å². The van der Waals surface area contributed by atoms with Crippen LogP contribution in [0.2, 0.25) is 5.02 Å². The number of nitrogens with one attached hydrogen (secondary N) is 1. The Balaban J connectivity index is 2.43. The first kappa shape index (κ1) is 14.1. The summed E-state index contributed by atoms with van der Waals surface area (Å²) in [6, 6.07) is 6.26. The first-order chi connectivity index (χ1) is 8.90. The van der Waals surface area contributed by atoms with Gasteiger partial charge in [0.1, 0.15) is 4.90 Å². The molecule has 8 heteroatoms. The molecular weight excluding hydrogens is 354 g/mol. The number of hydrogen-bond donors (Lipinski definition) is 2. The average Bonchev–Trinajstić information content (AvgIpc) is 2.34. The van der Waals surface area contributed by atoms with Crippen LogP contribution in [0.25, 0.3) is 0 Å². The molecule has 0 fully saturated rings. The van der Waals surface area contributed by atoms with Crippen LogP contribution in [0.4, 0.5) is 11.4 Å². The maximum atomic E-state index is 12.2. The van der Waals surface area contributed by atoms with E-state index in [1.54, 1.807) is 18.2 Å². The van der Waals surface area contributed by atoms with Crippen molar-refractivity contribution in [1.29, 1.82) is 0 Å². The number of halogens is 2. The van der Waals surface area contributed by atoms with E-state index in [-0.39, 0.29) is 21.3 Å². The lowest BCUT2D eigenvalue weighted by Crippen LogP contribution is -2.15. The van der Waals surface area contributed by atoms with Crippen molar-refractivity contribution in [2.75, 3.05) is 10.5 Å². The minimum atomic E-state index is -3.83. The molecule has 0 aliphatic heterocycles. The van der Waals surface area contributed by atoms with Gasteiger partial charge >= 0.3 is 0 Å². The minimum absolute atomic E-state index is 0.0916. The third kappa shape index (κ3) is 3.17. The molecular formula is C11H9BrClN3O2S. The summed E-state index contributed by atoms with van der Waals surface area (Å²) in [4.78, 5) is 3.66. The highest BCUT2D eigenvalue weighted by Gasteiger charge is 2.19. The lowest BCUT2D eigenvalue weighted by Gasteiger charge is -2.11. The average molecular weight is 363 g/mol. The lowest BCUT2D eigenvalue weighted by atomic mass is 10.3. The van der Waals surface area contributed by atoms with E-state index in [4.69, 9.17) is 17.3 Å². The van der Waals surface area contributed by atoms with Crippen molar-refractivity contribution in [1.82, 2.24) is 4.98 Å². The largest absolute Gasteiger partial charge is 0.398 e. The predicted octanol–water partition coefficient (Wildman–Crippen LogP) is 2.88. The van der Waals surface area contributed by atoms with Gasteiger partial charge in [-0.3, -0.25) is 9.71 Å². The summed E-state index contributed by atoms with van der Waals surface area (Å²) in [5.74, 6) is 0. The Labute approximate surface area is 124 Å². The minimum Gasteiger partial charge on any atom is -0.398 e. The molecule has 0 saturated heterocycles. The summed E-state index contributed by atoms with van der Waals surface area (Å²) in [5, 5.41) is 0.286. The SMILES string of the molecule is Nc1ccncc1S(=O)(=O)Nc1cc(Br)ccc1Cl. The van der Waals surface area contributed by atoms with Gasteiger partial charge in [-0.1, -0.05) is 27.5 Å². The van der Waals surface area contributed by atoms with Crippen molar-refractivity contribution in [3.05, 3.63) is 46.2 Å². The van der Waals surface area contributed by atoms with Gasteiger partial charge in [-0.05, 0) is 24.3 Å². The Bertz CT molecular complexity index is 722. The smallest absolute Gasteiger partial charge is 0.265 e. The number of hydrogen-bond acceptors (Lipinski definition) is 4. The number of benzene rings is 1. The van der Waals surface area contributed by atoms with Crippen molar-refractivity contribution in [2.24, 2.45) is 0 Å². The normalized spacial score (nSPS) is 11.3. The fourth-order valence-corrected chi connectivity index (χ4v) is 3.12. The molecule has 1 aromatic heterocycles. The van der Waals surface area contributed by atoms with Crippen LogP contribution in [0.1, 0.15) is 0 Å². The van der Waals surface area contributed by atoms with E-state index in [0.717, 1.165) is 0 Å². The highest BCUT2D eigenvalue weighted by molar-refractivity contribution is 9.10. The molecule has 19 heavy (non-hydrogen) atoms. The molecule has 0 unspecified atom stereocenters. The second-order valence-electron chi connectivity index (χ2n) is 3.64. The first-order valence-corrected chi connectivity index (χ1v) is 7.73. The molecule has 0 saturated carbocycles. The first-order valence-electron chi connectivity index (χ1n) is 5.07. The summed E-state index contributed by atoms with van der Waals surface area (Å²) >= 11 is 9.18. The molecule has 0 amide bonds. The van der Waals surface area contributed by atoms with Crippen LogP contribution in [0.3, 0.4) is 0 Å². The molecule has 0 radical (unpaired) electrons. The van der Waals surface area contributed by atoms with Crippen LogP contribution >= 0.6 is 27.5 Å². The van der Waals surface area contributed by atoms with Gasteiger partial charge in [0, 0.05) is 16.9 Å². The molecule has 3 N–H and O–H groups in total. The Kier molecular flexibility index (Phi) is 3.98. The zero-order chi connectivity index (χ0) is 14.0. The van der Waals surface area contributed by atoms with Crippen LogP contribution in [0.5, 0.6) is 0 Å². The van der Waals surface area contributed by atoms with Crippen LogP contribution in [-0.2, 0) is 10.0 Å². The Hall–Kier alpha value is -1.31. The van der Waals surface area contributed by atoms with Crippen LogP contribution in [0.15, 0.2) is 46.0 Å². The van der Waals surface area contributed by atoms with Crippen molar-refractivity contribution >= 4 is 48.9 Å². The van der Waals surface area contributed by atoms with Gasteiger partial charge in [-0.15, -0.1) is 0 Å². The molecule has 0 aliphatic carbocycles. The lowest BCUT2D eigenvalue weighted by molar-refractivity contribution is 0.601. The monoisotopic (exact) mass is 361 g/mol. The van der Waals surface area contributed by atoms with Crippen LogP contribution in [0, 0.1) is 0 Å². The summed E-state index contributed by atoms with van der Waals surface area (Å²) in [6.45, 7) is 0. The van der Waals surface area contributed by atoms with Gasteiger partial charge in [0.25, 0.3) is 10.0 Å². The highest BCUT2D eigenvalue weighted by atomic mass is 79.9. The van der Waals surface area contributed by atoms with E-state index in [2.05, 4.69) is 25.6 Å². The molecule has 0 spiro atoms. The van der Waals surface area contributed by atoms with Crippen LogP contribution in [-0.4, -0.2) is 13.4 Å². The highest BCUT2D eigenvalue weighted by Crippen LogP contribution is 2.28. The van der Waals surface area contributed by atoms with E-state index in [1.807, 2.05) is 0 Å². The third-order valence-corrected chi connectivity index (χ3v) is 4.51. The maximum Gasteiger partial charge on any atom is 0.265 e. The standard InChI is InChI=1S/C11H9BrClN3O2S/c12-7-1-2-8(13)10(5-7)16-19(17,18)11-6-15-4-3-9(11)14/h1-6,16H,(H2,14,15). The van der Waals surface area contributed by atoms with E-state index in [9.17, 15) is 8.42 Å². The molecule has 0 atom stereocenters. The van der Waals surface area contributed by atoms with Crippen LogP contribution < -0.4 is 10.5 Å². The van der Waals surface area contributed by atoms with E-state index >= 15 is 0 Å². The van der Waals surface area contributed by atoms with Gasteiger partial charge in [0.05, 0.1) is 16.4 Å². The topological polar surface area (TPSA) is 85.1 Å². The summed E-state index contributed by atoms with van der Waals surface area (Å²) in [7, 11) is -3.83. The number of sulfonamides is 1. The fraction of sp³-hybridized carbons (Fsp3) is 0. The molecule has 2 rings (SSSR count). The molecule has 1 heterocycles. The third-order valence-electron chi connectivity index (χ3n) is 2.28. The maximum absolute atomic E-state index is 12.2. The number of anilines is 2. The summed E-state index contributed by atoms with van der Waals surface area (Å²) in [5.41, 5.74) is 6.01. The molecule has 0 bridgehead atoms. The Morgan fingerprint density at radius 3 is 2.74 bits per heavy atom. The molecule has 1 aromatic carbocycles. The number of nitrogens with zero attached hydrogens (tertiary/aromatic N) is 1. The van der Waals surface area contributed by atoms with E-state index in [0.29, 0.717) is 4.47 Å². The summed E-state index contributed by atoms with van der Waals surface area (Å²) < 4.78 is 27.4. The quantitative estimate of drug-likeness (QED) is 0.879. The van der Waals surface area contributed by atoms with Gasteiger partial charge in [0.2, 0.25) is 0 Å². The number of pyridine rings is 1. The number of aromatic nitrogens is 1.